The van der Waals surface area contributed by atoms with Gasteiger partial charge in [-0.25, -0.2) is 0 Å². The van der Waals surface area contributed by atoms with Gasteiger partial charge in [-0.1, -0.05) is 18.2 Å². The Labute approximate surface area is 123 Å². The van der Waals surface area contributed by atoms with E-state index in [0.717, 1.165) is 15.7 Å². The van der Waals surface area contributed by atoms with E-state index in [1.54, 1.807) is 6.20 Å². The van der Waals surface area contributed by atoms with Crippen LogP contribution in [-0.4, -0.2) is 9.78 Å². The second-order valence-corrected chi connectivity index (χ2v) is 5.89. The summed E-state index contributed by atoms with van der Waals surface area (Å²) in [6.07, 6.45) is 1.78. The Balaban J connectivity index is 2.51. The van der Waals surface area contributed by atoms with Crippen LogP contribution < -0.4 is 5.73 Å². The van der Waals surface area contributed by atoms with Gasteiger partial charge in [0.25, 0.3) is 0 Å². The summed E-state index contributed by atoms with van der Waals surface area (Å²) in [6, 6.07) is 6.04. The third-order valence-corrected chi connectivity index (χ3v) is 4.87. The minimum absolute atomic E-state index is 0.163. The molecule has 0 radical (unpaired) electrons. The van der Waals surface area contributed by atoms with E-state index in [4.69, 9.17) is 5.73 Å². The van der Waals surface area contributed by atoms with Crippen molar-refractivity contribution < 1.29 is 0 Å². The van der Waals surface area contributed by atoms with Crippen LogP contribution in [0.2, 0.25) is 0 Å². The minimum Gasteiger partial charge on any atom is -0.319 e. The van der Waals surface area contributed by atoms with Gasteiger partial charge in [0.15, 0.2) is 0 Å². The molecule has 1 unspecified atom stereocenters. The number of benzene rings is 1. The predicted octanol–water partition coefficient (Wildman–Crippen LogP) is 3.14. The molecule has 5 heteroatoms. The summed E-state index contributed by atoms with van der Waals surface area (Å²) in [6.45, 7) is 2.09. The topological polar surface area (TPSA) is 43.8 Å². The number of hydrogen-bond donors (Lipinski definition) is 1. The Morgan fingerprint density at radius 3 is 2.76 bits per heavy atom. The lowest BCUT2D eigenvalue weighted by Crippen LogP contribution is -2.18. The quantitative estimate of drug-likeness (QED) is 0.780. The van der Waals surface area contributed by atoms with Crippen LogP contribution in [0.4, 0.5) is 0 Å². The van der Waals surface area contributed by atoms with Gasteiger partial charge in [-0.2, -0.15) is 5.10 Å². The fourth-order valence-corrected chi connectivity index (χ4v) is 3.12. The van der Waals surface area contributed by atoms with Crippen molar-refractivity contribution in [3.8, 4) is 0 Å². The number of halogens is 2. The maximum Gasteiger partial charge on any atom is 0.0745 e. The van der Waals surface area contributed by atoms with Crippen molar-refractivity contribution in [1.29, 1.82) is 0 Å². The van der Waals surface area contributed by atoms with E-state index in [-0.39, 0.29) is 6.04 Å². The Kier molecular flexibility index (Phi) is 3.89. The molecule has 0 bridgehead atoms. The highest BCUT2D eigenvalue weighted by Crippen LogP contribution is 2.29. The standard InChI is InChI=1S/C12H13BrIN3/c1-7-4-3-5-8(10(7)14)11(15)12-9(13)6-16-17(12)2/h3-6,11H,15H2,1-2H3. The highest BCUT2D eigenvalue weighted by Gasteiger charge is 2.19. The van der Waals surface area contributed by atoms with Crippen LogP contribution in [0.5, 0.6) is 0 Å². The zero-order valence-corrected chi connectivity index (χ0v) is 13.4. The number of aryl methyl sites for hydroxylation is 2. The van der Waals surface area contributed by atoms with Crippen LogP contribution >= 0.6 is 38.5 Å². The molecule has 2 rings (SSSR count). The summed E-state index contributed by atoms with van der Waals surface area (Å²) in [5.41, 5.74) is 9.71. The Bertz CT molecular complexity index is 531. The van der Waals surface area contributed by atoms with Crippen molar-refractivity contribution in [3.05, 3.63) is 49.3 Å². The SMILES string of the molecule is Cc1cccc(C(N)c2c(Br)cnn2C)c1I. The first kappa shape index (κ1) is 13.0. The molecule has 0 aliphatic heterocycles. The van der Waals surface area contributed by atoms with E-state index in [2.05, 4.69) is 62.7 Å². The first-order valence-corrected chi connectivity index (χ1v) is 7.07. The normalized spacial score (nSPS) is 12.8. The second kappa shape index (κ2) is 5.07. The van der Waals surface area contributed by atoms with E-state index in [1.807, 2.05) is 17.8 Å². The van der Waals surface area contributed by atoms with Gasteiger partial charge in [0.05, 0.1) is 22.4 Å². The van der Waals surface area contributed by atoms with Crippen molar-refractivity contribution in [3.63, 3.8) is 0 Å². The van der Waals surface area contributed by atoms with Crippen LogP contribution in [0.25, 0.3) is 0 Å². The molecule has 1 atom stereocenters. The van der Waals surface area contributed by atoms with Gasteiger partial charge >= 0.3 is 0 Å². The third-order valence-electron chi connectivity index (χ3n) is 2.79. The molecule has 0 aliphatic rings. The summed E-state index contributed by atoms with van der Waals surface area (Å²) in [7, 11) is 1.91. The molecule has 1 aromatic heterocycles. The minimum atomic E-state index is -0.163. The molecule has 3 nitrogen and oxygen atoms in total. The summed E-state index contributed by atoms with van der Waals surface area (Å²) in [5, 5.41) is 4.20. The van der Waals surface area contributed by atoms with Crippen LogP contribution in [0.3, 0.4) is 0 Å². The summed E-state index contributed by atoms with van der Waals surface area (Å²) in [4.78, 5) is 0. The van der Waals surface area contributed by atoms with Crippen LogP contribution in [-0.2, 0) is 7.05 Å². The number of rotatable bonds is 2. The maximum absolute atomic E-state index is 6.34. The lowest BCUT2D eigenvalue weighted by Gasteiger charge is -2.16. The second-order valence-electron chi connectivity index (χ2n) is 3.96. The molecular weight excluding hydrogens is 393 g/mol. The van der Waals surface area contributed by atoms with Crippen molar-refractivity contribution in [1.82, 2.24) is 9.78 Å². The zero-order valence-electron chi connectivity index (χ0n) is 9.61. The molecule has 1 heterocycles. The van der Waals surface area contributed by atoms with E-state index in [0.29, 0.717) is 0 Å². The van der Waals surface area contributed by atoms with Crippen molar-refractivity contribution >= 4 is 38.5 Å². The first-order chi connectivity index (χ1) is 8.02. The highest BCUT2D eigenvalue weighted by molar-refractivity contribution is 14.1. The molecule has 90 valence electrons. The van der Waals surface area contributed by atoms with Crippen molar-refractivity contribution in [2.24, 2.45) is 12.8 Å². The van der Waals surface area contributed by atoms with Crippen LogP contribution in [0.15, 0.2) is 28.9 Å². The average Bonchev–Trinajstić information content (AvgIpc) is 2.62. The number of nitrogens with two attached hydrogens (primary N) is 1. The van der Waals surface area contributed by atoms with Gasteiger partial charge < -0.3 is 5.73 Å². The Morgan fingerprint density at radius 2 is 2.18 bits per heavy atom. The van der Waals surface area contributed by atoms with Crippen LogP contribution in [0, 0.1) is 10.5 Å². The van der Waals surface area contributed by atoms with E-state index < -0.39 is 0 Å². The lowest BCUT2D eigenvalue weighted by atomic mass is 10.0. The molecule has 0 spiro atoms. The zero-order chi connectivity index (χ0) is 12.6. The summed E-state index contributed by atoms with van der Waals surface area (Å²) < 4.78 is 3.98. The molecular formula is C12H13BrIN3. The fraction of sp³-hybridized carbons (Fsp3) is 0.250. The molecule has 1 aromatic carbocycles. The van der Waals surface area contributed by atoms with E-state index >= 15 is 0 Å². The van der Waals surface area contributed by atoms with Crippen molar-refractivity contribution in [2.75, 3.05) is 0 Å². The summed E-state index contributed by atoms with van der Waals surface area (Å²) in [5.74, 6) is 0. The van der Waals surface area contributed by atoms with Gasteiger partial charge in [0, 0.05) is 10.6 Å². The predicted molar refractivity (Wildman–Crippen MR) is 80.8 cm³/mol. The molecule has 17 heavy (non-hydrogen) atoms. The average molecular weight is 406 g/mol. The number of hydrogen-bond acceptors (Lipinski definition) is 2. The Morgan fingerprint density at radius 1 is 1.47 bits per heavy atom. The monoisotopic (exact) mass is 405 g/mol. The first-order valence-electron chi connectivity index (χ1n) is 5.20. The van der Waals surface area contributed by atoms with Crippen molar-refractivity contribution in [2.45, 2.75) is 13.0 Å². The fourth-order valence-electron chi connectivity index (χ4n) is 1.83. The maximum atomic E-state index is 6.34. The smallest absolute Gasteiger partial charge is 0.0745 e. The Hall–Kier alpha value is -0.400. The molecule has 2 aromatic rings. The molecule has 0 fully saturated rings. The molecule has 0 amide bonds. The highest BCUT2D eigenvalue weighted by atomic mass is 127. The van der Waals surface area contributed by atoms with Gasteiger partial charge in [-0.3, -0.25) is 4.68 Å². The van der Waals surface area contributed by atoms with Gasteiger partial charge in [0.2, 0.25) is 0 Å². The summed E-state index contributed by atoms with van der Waals surface area (Å²) >= 11 is 5.84. The number of aromatic nitrogens is 2. The van der Waals surface area contributed by atoms with Gasteiger partial charge in [-0.05, 0) is 56.6 Å². The molecule has 2 N–H and O–H groups in total. The van der Waals surface area contributed by atoms with Gasteiger partial charge in [0.1, 0.15) is 0 Å². The van der Waals surface area contributed by atoms with Crippen LogP contribution in [0.1, 0.15) is 22.9 Å². The van der Waals surface area contributed by atoms with Gasteiger partial charge in [-0.15, -0.1) is 0 Å². The largest absolute Gasteiger partial charge is 0.319 e. The van der Waals surface area contributed by atoms with E-state index in [9.17, 15) is 0 Å². The third kappa shape index (κ3) is 2.41. The molecule has 0 saturated carbocycles. The van der Waals surface area contributed by atoms with E-state index in [1.165, 1.54) is 9.13 Å². The molecule has 0 saturated heterocycles. The lowest BCUT2D eigenvalue weighted by molar-refractivity contribution is 0.669. The molecule has 0 aliphatic carbocycles. The number of nitrogens with zero attached hydrogens (tertiary/aromatic N) is 2.